The Balaban J connectivity index is 3.37. The van der Waals surface area contributed by atoms with E-state index in [4.69, 9.17) is 15.6 Å². The van der Waals surface area contributed by atoms with E-state index < -0.39 is 6.10 Å². The van der Waals surface area contributed by atoms with Gasteiger partial charge in [0.25, 0.3) is 0 Å². The molecule has 0 aliphatic heterocycles. The highest BCUT2D eigenvalue weighted by molar-refractivity contribution is 5.77. The van der Waals surface area contributed by atoms with Gasteiger partial charge in [0.05, 0.1) is 12.7 Å². The summed E-state index contributed by atoms with van der Waals surface area (Å²) in [4.78, 5) is 3.65. The topological polar surface area (TPSA) is 79.9 Å². The average Bonchev–Trinajstić information content (AvgIpc) is 2.01. The number of guanidine groups is 1. The van der Waals surface area contributed by atoms with Gasteiger partial charge in [-0.2, -0.15) is 0 Å². The molecule has 0 saturated heterocycles. The predicted molar refractivity (Wildman–Crippen MR) is 43.4 cm³/mol. The molecule has 0 amide bonds. The van der Waals surface area contributed by atoms with E-state index in [0.29, 0.717) is 19.1 Å². The van der Waals surface area contributed by atoms with Crippen molar-refractivity contribution in [3.05, 3.63) is 0 Å². The predicted octanol–water partition coefficient (Wildman–Crippen LogP) is -1.47. The van der Waals surface area contributed by atoms with E-state index in [1.807, 2.05) is 0 Å². The van der Waals surface area contributed by atoms with Gasteiger partial charge in [-0.15, -0.1) is 0 Å². The lowest BCUT2D eigenvalue weighted by atomic mass is 10.4. The van der Waals surface area contributed by atoms with Crippen LogP contribution in [0, 0.1) is 0 Å². The normalized spacial score (nSPS) is 14.6. The zero-order valence-corrected chi connectivity index (χ0v) is 6.87. The molecule has 11 heavy (non-hydrogen) atoms. The van der Waals surface area contributed by atoms with Crippen molar-refractivity contribution in [2.45, 2.75) is 6.10 Å². The molecule has 0 aliphatic rings. The molecule has 0 aromatic carbocycles. The van der Waals surface area contributed by atoms with Gasteiger partial charge in [0.2, 0.25) is 0 Å². The summed E-state index contributed by atoms with van der Waals surface area (Å²) in [5, 5.41) is 11.8. The van der Waals surface area contributed by atoms with Crippen molar-refractivity contribution < 1.29 is 9.84 Å². The fourth-order valence-electron chi connectivity index (χ4n) is 0.553. The molecule has 0 heterocycles. The van der Waals surface area contributed by atoms with Crippen LogP contribution in [0.1, 0.15) is 0 Å². The van der Waals surface area contributed by atoms with Crippen LogP contribution in [0.4, 0.5) is 0 Å². The van der Waals surface area contributed by atoms with Crippen LogP contribution < -0.4 is 11.1 Å². The van der Waals surface area contributed by atoms with Gasteiger partial charge in [0.1, 0.15) is 0 Å². The molecule has 0 aliphatic carbocycles. The Morgan fingerprint density at radius 1 is 1.82 bits per heavy atom. The lowest BCUT2D eigenvalue weighted by Gasteiger charge is -2.10. The summed E-state index contributed by atoms with van der Waals surface area (Å²) in [6.45, 7) is 0.654. The largest absolute Gasteiger partial charge is 0.389 e. The third kappa shape index (κ3) is 5.63. The Kier molecular flexibility index (Phi) is 5.50. The number of ether oxygens (including phenoxy) is 1. The molecule has 0 radical (unpaired) electrons. The SMILES string of the molecule is CN=C(N)NC[C@@H](O)COC. The quantitative estimate of drug-likeness (QED) is 0.347. The molecule has 0 rings (SSSR count). The number of nitrogens with one attached hydrogen (secondary N) is 1. The van der Waals surface area contributed by atoms with Crippen molar-refractivity contribution in [1.29, 1.82) is 0 Å². The molecule has 0 aromatic rings. The number of aliphatic hydroxyl groups is 1. The van der Waals surface area contributed by atoms with Gasteiger partial charge in [-0.25, -0.2) is 0 Å². The summed E-state index contributed by atoms with van der Waals surface area (Å²) in [5.41, 5.74) is 5.30. The first-order valence-electron chi connectivity index (χ1n) is 3.33. The maximum Gasteiger partial charge on any atom is 0.188 e. The highest BCUT2D eigenvalue weighted by atomic mass is 16.5. The number of hydrogen-bond donors (Lipinski definition) is 3. The van der Waals surface area contributed by atoms with Crippen molar-refractivity contribution in [2.24, 2.45) is 10.7 Å². The fraction of sp³-hybridized carbons (Fsp3) is 0.833. The Morgan fingerprint density at radius 2 is 2.45 bits per heavy atom. The summed E-state index contributed by atoms with van der Waals surface area (Å²) >= 11 is 0. The number of methoxy groups -OCH3 is 1. The minimum absolute atomic E-state index is 0.296. The minimum Gasteiger partial charge on any atom is -0.389 e. The van der Waals surface area contributed by atoms with Crippen LogP contribution in [0.25, 0.3) is 0 Å². The standard InChI is InChI=1S/C6H15N3O2/c1-8-6(7)9-3-5(10)4-11-2/h5,10H,3-4H2,1-2H3,(H3,7,8,9)/t5-/m1/s1. The summed E-state index contributed by atoms with van der Waals surface area (Å²) in [6, 6.07) is 0. The van der Waals surface area contributed by atoms with E-state index in [-0.39, 0.29) is 0 Å². The van der Waals surface area contributed by atoms with Gasteiger partial charge < -0.3 is 20.9 Å². The van der Waals surface area contributed by atoms with Gasteiger partial charge in [0, 0.05) is 20.7 Å². The van der Waals surface area contributed by atoms with E-state index >= 15 is 0 Å². The molecule has 66 valence electrons. The van der Waals surface area contributed by atoms with Crippen molar-refractivity contribution >= 4 is 5.96 Å². The molecule has 5 heteroatoms. The maximum atomic E-state index is 9.10. The van der Waals surface area contributed by atoms with Crippen molar-refractivity contribution in [1.82, 2.24) is 5.32 Å². The van der Waals surface area contributed by atoms with Gasteiger partial charge in [-0.1, -0.05) is 0 Å². The third-order valence-electron chi connectivity index (χ3n) is 1.12. The second kappa shape index (κ2) is 5.94. The summed E-state index contributed by atoms with van der Waals surface area (Å²) < 4.78 is 4.70. The molecule has 0 unspecified atom stereocenters. The van der Waals surface area contributed by atoms with Gasteiger partial charge in [-0.3, -0.25) is 4.99 Å². The summed E-state index contributed by atoms with van der Waals surface area (Å²) in [6.07, 6.45) is -0.541. The Labute approximate surface area is 66.3 Å². The first-order valence-corrected chi connectivity index (χ1v) is 3.33. The van der Waals surface area contributed by atoms with E-state index in [0.717, 1.165) is 0 Å². The Morgan fingerprint density at radius 3 is 2.91 bits per heavy atom. The van der Waals surface area contributed by atoms with Crippen LogP contribution in [-0.4, -0.2) is 44.5 Å². The monoisotopic (exact) mass is 161 g/mol. The number of rotatable bonds is 4. The molecular weight excluding hydrogens is 146 g/mol. The van der Waals surface area contributed by atoms with Crippen LogP contribution in [0.15, 0.2) is 4.99 Å². The number of nitrogens with two attached hydrogens (primary N) is 1. The van der Waals surface area contributed by atoms with E-state index in [1.165, 1.54) is 7.11 Å². The van der Waals surface area contributed by atoms with E-state index in [9.17, 15) is 0 Å². The number of aliphatic hydroxyl groups excluding tert-OH is 1. The number of nitrogens with zero attached hydrogens (tertiary/aromatic N) is 1. The van der Waals surface area contributed by atoms with Crippen LogP contribution >= 0.6 is 0 Å². The minimum atomic E-state index is -0.541. The van der Waals surface area contributed by atoms with Crippen LogP contribution in [0.3, 0.4) is 0 Å². The molecule has 0 saturated carbocycles. The number of aliphatic imine (C=N–C) groups is 1. The third-order valence-corrected chi connectivity index (χ3v) is 1.12. The van der Waals surface area contributed by atoms with E-state index in [2.05, 4.69) is 10.3 Å². The zero-order valence-electron chi connectivity index (χ0n) is 6.87. The molecular formula is C6H15N3O2. The maximum absolute atomic E-state index is 9.10. The number of hydrogen-bond acceptors (Lipinski definition) is 3. The average molecular weight is 161 g/mol. The molecule has 0 bridgehead atoms. The summed E-state index contributed by atoms with van der Waals surface area (Å²) in [5.74, 6) is 0.320. The van der Waals surface area contributed by atoms with Crippen LogP contribution in [0.5, 0.6) is 0 Å². The highest BCUT2D eigenvalue weighted by Gasteiger charge is 2.01. The highest BCUT2D eigenvalue weighted by Crippen LogP contribution is 1.79. The first kappa shape index (κ1) is 10.2. The Hall–Kier alpha value is -0.810. The van der Waals surface area contributed by atoms with Crippen molar-refractivity contribution in [3.8, 4) is 0 Å². The zero-order chi connectivity index (χ0) is 8.69. The first-order chi connectivity index (χ1) is 5.20. The van der Waals surface area contributed by atoms with Crippen LogP contribution in [0.2, 0.25) is 0 Å². The van der Waals surface area contributed by atoms with Gasteiger partial charge in [-0.05, 0) is 0 Å². The molecule has 0 spiro atoms. The second-order valence-electron chi connectivity index (χ2n) is 2.10. The molecule has 5 nitrogen and oxygen atoms in total. The lowest BCUT2D eigenvalue weighted by molar-refractivity contribution is 0.0674. The lowest BCUT2D eigenvalue weighted by Crippen LogP contribution is -2.38. The van der Waals surface area contributed by atoms with Gasteiger partial charge >= 0.3 is 0 Å². The second-order valence-corrected chi connectivity index (χ2v) is 2.10. The molecule has 0 fully saturated rings. The van der Waals surface area contributed by atoms with Crippen molar-refractivity contribution in [3.63, 3.8) is 0 Å². The Bertz CT molecular complexity index is 127. The molecule has 1 atom stereocenters. The molecule has 4 N–H and O–H groups in total. The fourth-order valence-corrected chi connectivity index (χ4v) is 0.553. The van der Waals surface area contributed by atoms with Crippen molar-refractivity contribution in [2.75, 3.05) is 27.3 Å². The van der Waals surface area contributed by atoms with Gasteiger partial charge in [0.15, 0.2) is 5.96 Å². The molecule has 0 aromatic heterocycles. The van der Waals surface area contributed by atoms with E-state index in [1.54, 1.807) is 7.05 Å². The summed E-state index contributed by atoms with van der Waals surface area (Å²) in [7, 11) is 3.10. The van der Waals surface area contributed by atoms with Crippen LogP contribution in [-0.2, 0) is 4.74 Å². The smallest absolute Gasteiger partial charge is 0.188 e.